The van der Waals surface area contributed by atoms with E-state index in [9.17, 15) is 9.90 Å². The van der Waals surface area contributed by atoms with Gasteiger partial charge in [0.15, 0.2) is 5.79 Å². The average molecular weight is 460 g/mol. The summed E-state index contributed by atoms with van der Waals surface area (Å²) >= 11 is 12.5. The first-order valence-electron chi connectivity index (χ1n) is 10.5. The van der Waals surface area contributed by atoms with Crippen molar-refractivity contribution in [2.75, 3.05) is 13.2 Å². The van der Waals surface area contributed by atoms with E-state index in [0.717, 1.165) is 17.5 Å². The Morgan fingerprint density at radius 2 is 1.55 bits per heavy atom. The van der Waals surface area contributed by atoms with E-state index in [1.807, 2.05) is 36.4 Å². The zero-order chi connectivity index (χ0) is 21.6. The van der Waals surface area contributed by atoms with E-state index in [0.29, 0.717) is 54.5 Å². The maximum atomic E-state index is 13.0. The molecule has 7 heteroatoms. The lowest BCUT2D eigenvalue weighted by molar-refractivity contribution is -0.284. The summed E-state index contributed by atoms with van der Waals surface area (Å²) in [6, 6.07) is 12.9. The van der Waals surface area contributed by atoms with Gasteiger partial charge in [0.1, 0.15) is 5.76 Å². The lowest BCUT2D eigenvalue weighted by atomic mass is 9.77. The molecule has 0 bridgehead atoms. The molecule has 1 saturated heterocycles. The maximum absolute atomic E-state index is 13.0. The Balaban J connectivity index is 1.48. The summed E-state index contributed by atoms with van der Waals surface area (Å²) in [6.07, 6.45) is 3.21. The Kier molecular flexibility index (Phi) is 5.25. The average Bonchev–Trinajstić information content (AvgIpc) is 3.02. The quantitative estimate of drug-likeness (QED) is 0.621. The van der Waals surface area contributed by atoms with E-state index < -0.39 is 11.3 Å². The highest BCUT2D eigenvalue weighted by molar-refractivity contribution is 6.36. The summed E-state index contributed by atoms with van der Waals surface area (Å²) < 4.78 is 11.8. The summed E-state index contributed by atoms with van der Waals surface area (Å²) in [5, 5.41) is 15.3. The molecule has 5 rings (SSSR count). The number of ether oxygens (including phenoxy) is 2. The molecule has 0 unspecified atom stereocenters. The number of aliphatic hydroxyl groups is 1. The van der Waals surface area contributed by atoms with Crippen molar-refractivity contribution in [3.8, 4) is 11.1 Å². The number of nitrogens with one attached hydrogen (secondary N) is 1. The number of amides is 1. The van der Waals surface area contributed by atoms with Crippen LogP contribution in [0.3, 0.4) is 0 Å². The van der Waals surface area contributed by atoms with Crippen LogP contribution >= 0.6 is 23.2 Å². The molecule has 31 heavy (non-hydrogen) atoms. The van der Waals surface area contributed by atoms with Crippen molar-refractivity contribution in [2.24, 2.45) is 0 Å². The number of benzene rings is 2. The fraction of sp³-hybridized carbons (Fsp3) is 0.375. The molecule has 2 fully saturated rings. The Bertz CT molecular complexity index is 1050. The van der Waals surface area contributed by atoms with Crippen LogP contribution in [0.2, 0.25) is 10.0 Å². The van der Waals surface area contributed by atoms with Gasteiger partial charge >= 0.3 is 0 Å². The zero-order valence-electron chi connectivity index (χ0n) is 16.9. The minimum atomic E-state index is -0.804. The van der Waals surface area contributed by atoms with Gasteiger partial charge in [-0.2, -0.15) is 0 Å². The first-order valence-corrected chi connectivity index (χ1v) is 11.3. The topological polar surface area (TPSA) is 67.8 Å². The van der Waals surface area contributed by atoms with Crippen LogP contribution in [0.4, 0.5) is 0 Å². The summed E-state index contributed by atoms with van der Waals surface area (Å²) in [6.45, 7) is 1.36. The molecule has 2 heterocycles. The molecule has 1 aliphatic carbocycles. The first kappa shape index (κ1) is 20.8. The highest BCUT2D eigenvalue weighted by atomic mass is 35.5. The van der Waals surface area contributed by atoms with Gasteiger partial charge in [0.25, 0.3) is 5.91 Å². The van der Waals surface area contributed by atoms with Gasteiger partial charge in [-0.25, -0.2) is 0 Å². The second-order valence-electron chi connectivity index (χ2n) is 8.42. The lowest BCUT2D eigenvalue weighted by Gasteiger charge is -2.45. The predicted octanol–water partition coefficient (Wildman–Crippen LogP) is 5.51. The van der Waals surface area contributed by atoms with E-state index >= 15 is 0 Å². The largest absolute Gasteiger partial charge is 0.509 e. The molecule has 162 valence electrons. The monoisotopic (exact) mass is 459 g/mol. The van der Waals surface area contributed by atoms with Crippen molar-refractivity contribution in [3.63, 3.8) is 0 Å². The third kappa shape index (κ3) is 3.64. The van der Waals surface area contributed by atoms with Gasteiger partial charge in [0, 0.05) is 28.5 Å². The number of rotatable bonds is 2. The van der Waals surface area contributed by atoms with E-state index in [4.69, 9.17) is 32.7 Å². The van der Waals surface area contributed by atoms with Crippen LogP contribution in [-0.2, 0) is 14.3 Å². The number of hydrogen-bond acceptors (Lipinski definition) is 4. The van der Waals surface area contributed by atoms with Crippen molar-refractivity contribution in [3.05, 3.63) is 63.8 Å². The van der Waals surface area contributed by atoms with Crippen LogP contribution < -0.4 is 5.32 Å². The molecular formula is C24H23Cl2NO4. The highest BCUT2D eigenvalue weighted by Crippen LogP contribution is 2.47. The van der Waals surface area contributed by atoms with E-state index in [1.165, 1.54) is 0 Å². The van der Waals surface area contributed by atoms with Gasteiger partial charge in [0.2, 0.25) is 0 Å². The van der Waals surface area contributed by atoms with Crippen LogP contribution in [0.15, 0.2) is 48.2 Å². The van der Waals surface area contributed by atoms with Crippen LogP contribution in [0.25, 0.3) is 16.7 Å². The first-order chi connectivity index (χ1) is 14.9. The van der Waals surface area contributed by atoms with Crippen molar-refractivity contribution in [1.29, 1.82) is 0 Å². The number of carbonyl (C=O) groups is 1. The van der Waals surface area contributed by atoms with Gasteiger partial charge in [-0.1, -0.05) is 41.4 Å². The molecule has 2 spiro atoms. The van der Waals surface area contributed by atoms with Gasteiger partial charge in [-0.3, -0.25) is 4.79 Å². The Labute approximate surface area is 190 Å². The molecule has 2 aliphatic heterocycles. The van der Waals surface area contributed by atoms with E-state index in [1.54, 1.807) is 6.07 Å². The third-order valence-corrected chi connectivity index (χ3v) is 7.15. The summed E-state index contributed by atoms with van der Waals surface area (Å²) in [7, 11) is 0. The van der Waals surface area contributed by atoms with Crippen molar-refractivity contribution >= 4 is 34.7 Å². The molecule has 2 aromatic rings. The molecule has 3 aliphatic rings. The van der Waals surface area contributed by atoms with Crippen molar-refractivity contribution < 1.29 is 19.4 Å². The van der Waals surface area contributed by atoms with Gasteiger partial charge in [-0.05, 0) is 54.7 Å². The number of aliphatic hydroxyl groups excluding tert-OH is 1. The predicted molar refractivity (Wildman–Crippen MR) is 120 cm³/mol. The molecule has 0 atom stereocenters. The summed E-state index contributed by atoms with van der Waals surface area (Å²) in [4.78, 5) is 13.0. The van der Waals surface area contributed by atoms with Crippen LogP contribution in [0, 0.1) is 0 Å². The third-order valence-electron chi connectivity index (χ3n) is 6.57. The Morgan fingerprint density at radius 3 is 2.23 bits per heavy atom. The lowest BCUT2D eigenvalue weighted by Crippen LogP contribution is -2.54. The second kappa shape index (κ2) is 7.82. The van der Waals surface area contributed by atoms with Crippen molar-refractivity contribution in [2.45, 2.75) is 43.4 Å². The van der Waals surface area contributed by atoms with Gasteiger partial charge in [-0.15, -0.1) is 0 Å². The Morgan fingerprint density at radius 1 is 0.903 bits per heavy atom. The fourth-order valence-electron chi connectivity index (χ4n) is 4.80. The normalized spacial score (nSPS) is 22.2. The maximum Gasteiger partial charge on any atom is 0.256 e. The molecule has 1 saturated carbocycles. The standard InChI is InChI=1S/C24H23Cl2NO4/c25-17-5-2-15(3-6-17)16-4-7-19(26)18(14-16)20-21(28)23(27-22(20)29)8-10-24(11-9-23)30-12-1-13-31-24/h2-7,14,28H,1,8-13H2,(H,27,29). The minimum Gasteiger partial charge on any atom is -0.509 e. The number of carbonyl (C=O) groups excluding carboxylic acids is 1. The van der Waals surface area contributed by atoms with Crippen LogP contribution in [0.5, 0.6) is 0 Å². The molecule has 2 aromatic carbocycles. The number of halogens is 2. The molecule has 1 amide bonds. The van der Waals surface area contributed by atoms with Gasteiger partial charge in [0.05, 0.1) is 24.3 Å². The van der Waals surface area contributed by atoms with Crippen LogP contribution in [-0.4, -0.2) is 35.6 Å². The molecule has 5 nitrogen and oxygen atoms in total. The highest BCUT2D eigenvalue weighted by Gasteiger charge is 2.52. The SMILES string of the molecule is O=C1NC2(CCC3(CC2)OCCCO3)C(O)=C1c1cc(-c2ccc(Cl)cc2)ccc1Cl. The second-order valence-corrected chi connectivity index (χ2v) is 9.27. The van der Waals surface area contributed by atoms with E-state index in [2.05, 4.69) is 5.32 Å². The van der Waals surface area contributed by atoms with Crippen LogP contribution in [0.1, 0.15) is 37.7 Å². The molecule has 2 N–H and O–H groups in total. The molecule has 0 radical (unpaired) electrons. The zero-order valence-corrected chi connectivity index (χ0v) is 18.4. The van der Waals surface area contributed by atoms with E-state index in [-0.39, 0.29) is 17.2 Å². The minimum absolute atomic E-state index is 0.0540. The summed E-state index contributed by atoms with van der Waals surface area (Å²) in [5.74, 6) is -0.851. The van der Waals surface area contributed by atoms with Gasteiger partial charge < -0.3 is 19.9 Å². The Hall–Kier alpha value is -2.05. The smallest absolute Gasteiger partial charge is 0.256 e. The fourth-order valence-corrected chi connectivity index (χ4v) is 5.14. The molecular weight excluding hydrogens is 437 g/mol. The van der Waals surface area contributed by atoms with Crippen molar-refractivity contribution in [1.82, 2.24) is 5.32 Å². The number of hydrogen-bond donors (Lipinski definition) is 2. The summed E-state index contributed by atoms with van der Waals surface area (Å²) in [5.41, 5.74) is 1.79. The molecule has 0 aromatic heterocycles.